The van der Waals surface area contributed by atoms with Gasteiger partial charge in [-0.05, 0) is 43.9 Å². The van der Waals surface area contributed by atoms with E-state index in [1.165, 1.54) is 28.6 Å². The smallest absolute Gasteiger partial charge is 0.243 e. The van der Waals surface area contributed by atoms with Crippen LogP contribution >= 0.6 is 0 Å². The fourth-order valence-electron chi connectivity index (χ4n) is 2.70. The van der Waals surface area contributed by atoms with E-state index in [-0.39, 0.29) is 16.3 Å². The third-order valence-corrected chi connectivity index (χ3v) is 8.13. The maximum Gasteiger partial charge on any atom is 0.243 e. The molecule has 0 unspecified atom stereocenters. The molecule has 1 aliphatic rings. The van der Waals surface area contributed by atoms with Gasteiger partial charge < -0.3 is 5.73 Å². The third-order valence-electron chi connectivity index (χ3n) is 4.84. The molecule has 0 aromatic heterocycles. The summed E-state index contributed by atoms with van der Waals surface area (Å²) in [5.41, 5.74) is 5.52. The Balaban J connectivity index is 2.25. The summed E-state index contributed by atoms with van der Waals surface area (Å²) in [4.78, 5) is -0.0652. The minimum Gasteiger partial charge on any atom is -0.324 e. The van der Waals surface area contributed by atoms with Gasteiger partial charge in [0.05, 0.1) is 9.79 Å². The second kappa shape index (κ2) is 7.71. The van der Waals surface area contributed by atoms with Crippen LogP contribution in [-0.2, 0) is 20.0 Å². The predicted octanol–water partition coefficient (Wildman–Crippen LogP) is 1.27. The highest BCUT2D eigenvalue weighted by molar-refractivity contribution is 7.90. The van der Waals surface area contributed by atoms with Gasteiger partial charge in [0.15, 0.2) is 0 Å². The summed E-state index contributed by atoms with van der Waals surface area (Å²) in [5, 5.41) is 0. The van der Waals surface area contributed by atoms with Crippen molar-refractivity contribution in [1.29, 1.82) is 0 Å². The van der Waals surface area contributed by atoms with Crippen LogP contribution in [0.15, 0.2) is 34.1 Å². The largest absolute Gasteiger partial charge is 0.324 e. The Labute approximate surface area is 150 Å². The topological polar surface area (TPSA) is 110 Å². The van der Waals surface area contributed by atoms with Crippen molar-refractivity contribution in [1.82, 2.24) is 9.03 Å². The van der Waals surface area contributed by atoms with E-state index in [9.17, 15) is 16.8 Å². The first-order chi connectivity index (χ1) is 11.6. The molecule has 1 aromatic carbocycles. The van der Waals surface area contributed by atoms with Crippen LogP contribution in [0.4, 0.5) is 0 Å². The molecule has 1 fully saturated rings. The van der Waals surface area contributed by atoms with E-state index in [0.29, 0.717) is 25.9 Å². The minimum atomic E-state index is -3.83. The Morgan fingerprint density at radius 3 is 2.20 bits per heavy atom. The predicted molar refractivity (Wildman–Crippen MR) is 97.1 cm³/mol. The van der Waals surface area contributed by atoms with Crippen LogP contribution < -0.4 is 10.5 Å². The Kier molecular flexibility index (Phi) is 6.26. The number of rotatable bonds is 8. The molecule has 0 spiro atoms. The van der Waals surface area contributed by atoms with Crippen molar-refractivity contribution in [2.75, 3.05) is 19.6 Å². The van der Waals surface area contributed by atoms with Crippen LogP contribution in [0.2, 0.25) is 0 Å². The summed E-state index contributed by atoms with van der Waals surface area (Å²) >= 11 is 0. The maximum atomic E-state index is 12.6. The first-order valence-electron chi connectivity index (χ1n) is 8.53. The van der Waals surface area contributed by atoms with Gasteiger partial charge >= 0.3 is 0 Å². The van der Waals surface area contributed by atoms with Crippen LogP contribution in [0.3, 0.4) is 0 Å². The quantitative estimate of drug-likeness (QED) is 0.696. The molecule has 2 rings (SSSR count). The van der Waals surface area contributed by atoms with Gasteiger partial charge in [-0.2, -0.15) is 4.31 Å². The molecule has 1 heterocycles. The van der Waals surface area contributed by atoms with Crippen LogP contribution in [-0.4, -0.2) is 46.3 Å². The van der Waals surface area contributed by atoms with Crippen molar-refractivity contribution in [3.63, 3.8) is 0 Å². The maximum absolute atomic E-state index is 12.6. The number of sulfonamides is 2. The summed E-state index contributed by atoms with van der Waals surface area (Å²) < 4.78 is 54.2. The summed E-state index contributed by atoms with van der Waals surface area (Å²) in [7, 11) is -7.49. The van der Waals surface area contributed by atoms with Gasteiger partial charge in [-0.15, -0.1) is 0 Å². The molecule has 3 N–H and O–H groups in total. The van der Waals surface area contributed by atoms with E-state index in [1.807, 2.05) is 13.8 Å². The van der Waals surface area contributed by atoms with Crippen molar-refractivity contribution in [2.24, 2.45) is 5.73 Å². The molecule has 1 saturated heterocycles. The van der Waals surface area contributed by atoms with Gasteiger partial charge in [0.1, 0.15) is 0 Å². The lowest BCUT2D eigenvalue weighted by atomic mass is 9.95. The highest BCUT2D eigenvalue weighted by atomic mass is 32.2. The van der Waals surface area contributed by atoms with Gasteiger partial charge in [-0.3, -0.25) is 0 Å². The van der Waals surface area contributed by atoms with Crippen molar-refractivity contribution in [3.05, 3.63) is 24.3 Å². The fourth-order valence-corrected chi connectivity index (χ4v) is 5.52. The van der Waals surface area contributed by atoms with Crippen LogP contribution in [0, 0.1) is 0 Å². The zero-order chi connectivity index (χ0) is 18.7. The Bertz CT molecular complexity index is 796. The average Bonchev–Trinajstić information content (AvgIpc) is 3.15. The summed E-state index contributed by atoms with van der Waals surface area (Å²) in [6.45, 7) is 4.86. The lowest BCUT2D eigenvalue weighted by Crippen LogP contribution is -2.49. The van der Waals surface area contributed by atoms with E-state index in [0.717, 1.165) is 12.8 Å². The van der Waals surface area contributed by atoms with Crippen LogP contribution in [0.1, 0.15) is 39.5 Å². The van der Waals surface area contributed by atoms with E-state index >= 15 is 0 Å². The highest BCUT2D eigenvalue weighted by Gasteiger charge is 2.29. The van der Waals surface area contributed by atoms with Gasteiger partial charge in [-0.1, -0.05) is 19.9 Å². The standard InChI is InChI=1S/C16H27N3O4S2/c1-3-16(17,4-2)13-18-24(20,21)14-8-7-9-15(12-14)25(22,23)19-10-5-6-11-19/h7-9,12,18H,3-6,10-11,13,17H2,1-2H3. The Morgan fingerprint density at radius 1 is 1.08 bits per heavy atom. The minimum absolute atomic E-state index is 0.00210. The van der Waals surface area contributed by atoms with Gasteiger partial charge in [0.2, 0.25) is 20.0 Å². The van der Waals surface area contributed by atoms with Gasteiger partial charge in [0, 0.05) is 25.2 Å². The lowest BCUT2D eigenvalue weighted by Gasteiger charge is -2.26. The Hall–Kier alpha value is -1.00. The van der Waals surface area contributed by atoms with Crippen molar-refractivity contribution < 1.29 is 16.8 Å². The summed E-state index contributed by atoms with van der Waals surface area (Å²) in [6.07, 6.45) is 2.92. The summed E-state index contributed by atoms with van der Waals surface area (Å²) in [5.74, 6) is 0. The molecule has 1 aliphatic heterocycles. The first kappa shape index (κ1) is 20.3. The SMILES string of the molecule is CCC(N)(CC)CNS(=O)(=O)c1cccc(S(=O)(=O)N2CCCC2)c1. The fraction of sp³-hybridized carbons (Fsp3) is 0.625. The van der Waals surface area contributed by atoms with Crippen molar-refractivity contribution in [2.45, 2.75) is 54.9 Å². The molecule has 0 aliphatic carbocycles. The second-order valence-corrected chi connectivity index (χ2v) is 10.2. The molecule has 0 saturated carbocycles. The second-order valence-electron chi connectivity index (χ2n) is 6.48. The molecule has 142 valence electrons. The molecule has 0 radical (unpaired) electrons. The Morgan fingerprint density at radius 2 is 1.64 bits per heavy atom. The van der Waals surface area contributed by atoms with Crippen molar-refractivity contribution in [3.8, 4) is 0 Å². The van der Waals surface area contributed by atoms with Crippen LogP contribution in [0.5, 0.6) is 0 Å². The number of hydrogen-bond acceptors (Lipinski definition) is 5. The number of nitrogens with two attached hydrogens (primary N) is 1. The van der Waals surface area contributed by atoms with Gasteiger partial charge in [0.25, 0.3) is 0 Å². The first-order valence-corrected chi connectivity index (χ1v) is 11.5. The molecule has 0 atom stereocenters. The number of nitrogens with one attached hydrogen (secondary N) is 1. The molecular formula is C16H27N3O4S2. The van der Waals surface area contributed by atoms with Crippen LogP contribution in [0.25, 0.3) is 0 Å². The highest BCUT2D eigenvalue weighted by Crippen LogP contribution is 2.23. The van der Waals surface area contributed by atoms with E-state index < -0.39 is 25.6 Å². The van der Waals surface area contributed by atoms with E-state index in [2.05, 4.69) is 4.72 Å². The zero-order valence-corrected chi connectivity index (χ0v) is 16.4. The normalized spacial score (nSPS) is 17.1. The third kappa shape index (κ3) is 4.59. The molecule has 1 aromatic rings. The van der Waals surface area contributed by atoms with Crippen molar-refractivity contribution >= 4 is 20.0 Å². The average molecular weight is 390 g/mol. The zero-order valence-electron chi connectivity index (χ0n) is 14.7. The molecular weight excluding hydrogens is 362 g/mol. The number of nitrogens with zero attached hydrogens (tertiary/aromatic N) is 1. The van der Waals surface area contributed by atoms with Gasteiger partial charge in [-0.25, -0.2) is 21.6 Å². The summed E-state index contributed by atoms with van der Waals surface area (Å²) in [6, 6.07) is 5.48. The molecule has 25 heavy (non-hydrogen) atoms. The number of hydrogen-bond donors (Lipinski definition) is 2. The molecule has 7 nitrogen and oxygen atoms in total. The molecule has 0 bridgehead atoms. The molecule has 9 heteroatoms. The monoisotopic (exact) mass is 389 g/mol. The number of benzene rings is 1. The van der Waals surface area contributed by atoms with E-state index in [4.69, 9.17) is 5.73 Å². The lowest BCUT2D eigenvalue weighted by molar-refractivity contribution is 0.391. The van der Waals surface area contributed by atoms with E-state index in [1.54, 1.807) is 0 Å². The molecule has 0 amide bonds.